The summed E-state index contributed by atoms with van der Waals surface area (Å²) in [5.74, 6) is -0.559. The van der Waals surface area contributed by atoms with Crippen LogP contribution < -0.4 is 0 Å². The third-order valence-corrected chi connectivity index (χ3v) is 1.95. The van der Waals surface area contributed by atoms with E-state index in [0.29, 0.717) is 16.7 Å². The summed E-state index contributed by atoms with van der Waals surface area (Å²) in [6, 6.07) is 4.90. The van der Waals surface area contributed by atoms with Gasteiger partial charge in [-0.1, -0.05) is 0 Å². The molecule has 0 aliphatic carbocycles. The highest BCUT2D eigenvalue weighted by Gasteiger charge is 2.11. The molecule has 0 N–H and O–H groups in total. The first-order chi connectivity index (χ1) is 6.11. The molecule has 0 atom stereocenters. The van der Waals surface area contributed by atoms with Crippen LogP contribution in [0.3, 0.4) is 0 Å². The number of nitrogens with zero attached hydrogens (tertiary/aromatic N) is 2. The summed E-state index contributed by atoms with van der Waals surface area (Å²) in [4.78, 5) is 0. The second kappa shape index (κ2) is 3.25. The topological polar surface area (TPSA) is 47.6 Å². The molecule has 2 nitrogen and oxygen atoms in total. The lowest BCUT2D eigenvalue weighted by atomic mass is 9.99. The van der Waals surface area contributed by atoms with Crippen LogP contribution in [0.1, 0.15) is 22.3 Å². The molecule has 0 bridgehead atoms. The third-order valence-electron chi connectivity index (χ3n) is 1.95. The molecule has 0 aromatic heterocycles. The molecule has 0 unspecified atom stereocenters. The normalized spacial score (nSPS) is 9.00. The summed E-state index contributed by atoms with van der Waals surface area (Å²) in [5.41, 5.74) is 1.33. The predicted molar refractivity (Wildman–Crippen MR) is 45.3 cm³/mol. The van der Waals surface area contributed by atoms with Crippen molar-refractivity contribution in [1.29, 1.82) is 10.5 Å². The first-order valence-electron chi connectivity index (χ1n) is 3.71. The van der Waals surface area contributed by atoms with Gasteiger partial charge >= 0.3 is 0 Å². The molecular formula is C10H7FN2. The van der Waals surface area contributed by atoms with E-state index in [1.54, 1.807) is 19.9 Å². The van der Waals surface area contributed by atoms with Gasteiger partial charge in [0.1, 0.15) is 11.9 Å². The zero-order valence-corrected chi connectivity index (χ0v) is 7.35. The summed E-state index contributed by atoms with van der Waals surface area (Å²) in [6.07, 6.45) is 0. The summed E-state index contributed by atoms with van der Waals surface area (Å²) in [6.45, 7) is 3.23. The van der Waals surface area contributed by atoms with E-state index in [-0.39, 0.29) is 5.56 Å². The van der Waals surface area contributed by atoms with Gasteiger partial charge in [-0.2, -0.15) is 10.5 Å². The second-order valence-corrected chi connectivity index (χ2v) is 2.77. The van der Waals surface area contributed by atoms with Gasteiger partial charge in [0.25, 0.3) is 0 Å². The van der Waals surface area contributed by atoms with E-state index in [1.807, 2.05) is 6.07 Å². The zero-order valence-electron chi connectivity index (χ0n) is 7.35. The van der Waals surface area contributed by atoms with E-state index in [9.17, 15) is 4.39 Å². The van der Waals surface area contributed by atoms with Crippen molar-refractivity contribution in [3.8, 4) is 12.1 Å². The van der Waals surface area contributed by atoms with Crippen molar-refractivity contribution in [1.82, 2.24) is 0 Å². The van der Waals surface area contributed by atoms with E-state index in [1.165, 1.54) is 6.07 Å². The first-order valence-corrected chi connectivity index (χ1v) is 3.71. The van der Waals surface area contributed by atoms with E-state index in [2.05, 4.69) is 0 Å². The smallest absolute Gasteiger partial charge is 0.141 e. The Morgan fingerprint density at radius 2 is 1.69 bits per heavy atom. The van der Waals surface area contributed by atoms with Gasteiger partial charge in [0.05, 0.1) is 17.2 Å². The molecule has 0 heterocycles. The molecule has 0 aliphatic heterocycles. The minimum Gasteiger partial charge on any atom is -0.206 e. The van der Waals surface area contributed by atoms with Crippen molar-refractivity contribution in [3.05, 3.63) is 34.1 Å². The fraction of sp³-hybridized carbons (Fsp3) is 0.200. The largest absolute Gasteiger partial charge is 0.206 e. The molecule has 0 aliphatic rings. The highest BCUT2D eigenvalue weighted by Crippen LogP contribution is 2.19. The fourth-order valence-corrected chi connectivity index (χ4v) is 1.24. The Morgan fingerprint density at radius 3 is 2.15 bits per heavy atom. The molecule has 64 valence electrons. The zero-order chi connectivity index (χ0) is 10.0. The van der Waals surface area contributed by atoms with Gasteiger partial charge in [-0.05, 0) is 31.0 Å². The van der Waals surface area contributed by atoms with Crippen molar-refractivity contribution >= 4 is 0 Å². The molecule has 1 aromatic rings. The molecule has 0 amide bonds. The average Bonchev–Trinajstić information content (AvgIpc) is 2.04. The number of rotatable bonds is 0. The lowest BCUT2D eigenvalue weighted by Gasteiger charge is -2.04. The highest BCUT2D eigenvalue weighted by molar-refractivity contribution is 5.52. The van der Waals surface area contributed by atoms with Crippen LogP contribution in [-0.2, 0) is 0 Å². The van der Waals surface area contributed by atoms with Crippen molar-refractivity contribution in [2.75, 3.05) is 0 Å². The van der Waals surface area contributed by atoms with E-state index < -0.39 is 5.82 Å². The molecule has 0 radical (unpaired) electrons. The Hall–Kier alpha value is -1.87. The van der Waals surface area contributed by atoms with Crippen molar-refractivity contribution < 1.29 is 4.39 Å². The van der Waals surface area contributed by atoms with Gasteiger partial charge in [-0.25, -0.2) is 4.39 Å². The van der Waals surface area contributed by atoms with Crippen LogP contribution in [0.2, 0.25) is 0 Å². The molecule has 1 aromatic carbocycles. The fourth-order valence-electron chi connectivity index (χ4n) is 1.24. The van der Waals surface area contributed by atoms with Gasteiger partial charge in [0.2, 0.25) is 0 Å². The summed E-state index contributed by atoms with van der Waals surface area (Å²) < 4.78 is 13.1. The van der Waals surface area contributed by atoms with Gasteiger partial charge in [0, 0.05) is 0 Å². The summed E-state index contributed by atoms with van der Waals surface area (Å²) >= 11 is 0. The van der Waals surface area contributed by atoms with Crippen molar-refractivity contribution in [3.63, 3.8) is 0 Å². The lowest BCUT2D eigenvalue weighted by molar-refractivity contribution is 0.621. The lowest BCUT2D eigenvalue weighted by Crippen LogP contribution is -1.96. The highest BCUT2D eigenvalue weighted by atomic mass is 19.1. The third kappa shape index (κ3) is 1.37. The van der Waals surface area contributed by atoms with Gasteiger partial charge in [-0.15, -0.1) is 0 Å². The SMILES string of the molecule is Cc1cc(F)c(C#N)c(C)c1C#N. The predicted octanol–water partition coefficient (Wildman–Crippen LogP) is 2.19. The Balaban J connectivity index is 3.63. The minimum atomic E-state index is -0.559. The molecule has 0 saturated carbocycles. The number of hydrogen-bond donors (Lipinski definition) is 0. The summed E-state index contributed by atoms with van der Waals surface area (Å²) in [5, 5.41) is 17.3. The number of nitriles is 2. The minimum absolute atomic E-state index is 0.0397. The maximum absolute atomic E-state index is 13.1. The van der Waals surface area contributed by atoms with E-state index >= 15 is 0 Å². The maximum atomic E-state index is 13.1. The van der Waals surface area contributed by atoms with Crippen LogP contribution in [0.15, 0.2) is 6.07 Å². The van der Waals surface area contributed by atoms with Gasteiger partial charge < -0.3 is 0 Å². The molecule has 13 heavy (non-hydrogen) atoms. The van der Waals surface area contributed by atoms with Crippen molar-refractivity contribution in [2.24, 2.45) is 0 Å². The molecule has 3 heteroatoms. The van der Waals surface area contributed by atoms with Crippen LogP contribution in [0.5, 0.6) is 0 Å². The Kier molecular flexibility index (Phi) is 2.30. The standard InChI is InChI=1S/C10H7FN2/c1-6-3-10(11)9(5-13)7(2)8(6)4-12/h3H,1-2H3. The Morgan fingerprint density at radius 1 is 1.15 bits per heavy atom. The van der Waals surface area contributed by atoms with E-state index in [4.69, 9.17) is 10.5 Å². The van der Waals surface area contributed by atoms with Crippen LogP contribution >= 0.6 is 0 Å². The Bertz CT molecular complexity index is 397. The van der Waals surface area contributed by atoms with Crippen LogP contribution in [0.4, 0.5) is 4.39 Å². The van der Waals surface area contributed by atoms with E-state index in [0.717, 1.165) is 0 Å². The monoisotopic (exact) mass is 174 g/mol. The van der Waals surface area contributed by atoms with Crippen LogP contribution in [0, 0.1) is 42.3 Å². The van der Waals surface area contributed by atoms with Crippen LogP contribution in [0.25, 0.3) is 0 Å². The maximum Gasteiger partial charge on any atom is 0.141 e. The number of benzene rings is 1. The molecular weight excluding hydrogens is 167 g/mol. The number of halogens is 1. The quantitative estimate of drug-likeness (QED) is 0.605. The van der Waals surface area contributed by atoms with Gasteiger partial charge in [0.15, 0.2) is 0 Å². The molecule has 0 fully saturated rings. The van der Waals surface area contributed by atoms with Crippen LogP contribution in [-0.4, -0.2) is 0 Å². The molecule has 0 saturated heterocycles. The number of aryl methyl sites for hydroxylation is 1. The van der Waals surface area contributed by atoms with Crippen molar-refractivity contribution in [2.45, 2.75) is 13.8 Å². The molecule has 1 rings (SSSR count). The first kappa shape index (κ1) is 9.22. The van der Waals surface area contributed by atoms with Gasteiger partial charge in [-0.3, -0.25) is 0 Å². The second-order valence-electron chi connectivity index (χ2n) is 2.77. The summed E-state index contributed by atoms with van der Waals surface area (Å²) in [7, 11) is 0. The molecule has 0 spiro atoms. The average molecular weight is 174 g/mol. The number of hydrogen-bond acceptors (Lipinski definition) is 2. The Labute approximate surface area is 75.8 Å².